The number of unbranched alkanes of at least 4 members (excludes halogenated alkanes) is 2. The van der Waals surface area contributed by atoms with E-state index >= 15 is 0 Å². The van der Waals surface area contributed by atoms with Crippen molar-refractivity contribution in [2.75, 3.05) is 52.9 Å². The Labute approximate surface area is 483 Å². The van der Waals surface area contributed by atoms with E-state index in [1.165, 1.54) is 19.1 Å². The van der Waals surface area contributed by atoms with Gasteiger partial charge in [0.1, 0.15) is 11.8 Å². The molecule has 9 rings (SSSR count). The van der Waals surface area contributed by atoms with Crippen LogP contribution in [0.15, 0.2) is 95.2 Å². The molecule has 4 aromatic carbocycles. The fourth-order valence-corrected chi connectivity index (χ4v) is 10.8. The molecule has 0 radical (unpaired) electrons. The minimum atomic E-state index is -0.853. The number of hydrogen-bond acceptors (Lipinski definition) is 14. The first-order valence-corrected chi connectivity index (χ1v) is 28.4. The number of carbonyl (C=O) groups is 7. The van der Waals surface area contributed by atoms with Gasteiger partial charge in [0.25, 0.3) is 11.8 Å². The number of anilines is 1. The number of amides is 7. The Morgan fingerprint density at radius 2 is 1.20 bits per heavy atom. The van der Waals surface area contributed by atoms with Crippen LogP contribution in [0.2, 0.25) is 0 Å². The number of carbonyl (C=O) groups excluding carboxylic acids is 7. The highest BCUT2D eigenvalue weighted by molar-refractivity contribution is 6.07. The van der Waals surface area contributed by atoms with Gasteiger partial charge in [0.15, 0.2) is 23.0 Å². The molecular formula is C63H72N8O12. The first kappa shape index (κ1) is 58.8. The van der Waals surface area contributed by atoms with Crippen molar-refractivity contribution in [2.24, 2.45) is 27.7 Å². The van der Waals surface area contributed by atoms with E-state index in [2.05, 4.69) is 16.0 Å². The third kappa shape index (κ3) is 13.4. The van der Waals surface area contributed by atoms with Crippen molar-refractivity contribution in [3.63, 3.8) is 0 Å². The molecule has 0 bridgehead atoms. The zero-order chi connectivity index (χ0) is 58.9. The van der Waals surface area contributed by atoms with Gasteiger partial charge < -0.3 is 49.4 Å². The maximum absolute atomic E-state index is 14.1. The molecule has 4 unspecified atom stereocenters. The number of ether oxygens (including phenoxy) is 5. The molecule has 5 aliphatic rings. The van der Waals surface area contributed by atoms with Crippen LogP contribution in [-0.4, -0.2) is 134 Å². The van der Waals surface area contributed by atoms with Crippen molar-refractivity contribution in [1.82, 2.24) is 25.3 Å². The minimum absolute atomic E-state index is 0.102. The second-order valence-corrected chi connectivity index (χ2v) is 21.7. The van der Waals surface area contributed by atoms with Crippen molar-refractivity contribution < 1.29 is 57.2 Å². The molecule has 7 amide bonds. The lowest BCUT2D eigenvalue weighted by Gasteiger charge is -2.21. The molecule has 4 aromatic rings. The van der Waals surface area contributed by atoms with E-state index in [0.717, 1.165) is 34.4 Å². The summed E-state index contributed by atoms with van der Waals surface area (Å²) in [4.78, 5) is 106. The zero-order valence-corrected chi connectivity index (χ0v) is 48.0. The number of methoxy groups -OCH3 is 3. The summed E-state index contributed by atoms with van der Waals surface area (Å²) in [6.07, 6.45) is 11.9. The number of nitrogens with zero attached hydrogens (tertiary/aromatic N) is 5. The van der Waals surface area contributed by atoms with Crippen LogP contribution in [0.3, 0.4) is 0 Å². The third-order valence-corrected chi connectivity index (χ3v) is 15.8. The SMILES string of the molecule is CCC(C)C1CC(=O)N(CCCCCC(=O)NC(C(=O)NCC(=O)Nc2ccc(C3=CN4C(=O)c5cc(OC)c(OCCCOc6cc7c(cc6OC)C(=O)N6C=C(c8ccc(OC)cc8)C[C@H]6C=N7)cc5N=CC4C3)cc2)C(C)C)C1=O. The summed E-state index contributed by atoms with van der Waals surface area (Å²) in [6.45, 7) is 8.15. The quantitative estimate of drug-likeness (QED) is 0.0418. The molecule has 20 heteroatoms. The van der Waals surface area contributed by atoms with Gasteiger partial charge in [-0.3, -0.25) is 48.4 Å². The van der Waals surface area contributed by atoms with Gasteiger partial charge in [-0.2, -0.15) is 0 Å². The van der Waals surface area contributed by atoms with Crippen LogP contribution in [-0.2, 0) is 24.0 Å². The zero-order valence-electron chi connectivity index (χ0n) is 48.0. The molecule has 436 valence electrons. The van der Waals surface area contributed by atoms with E-state index in [4.69, 9.17) is 33.7 Å². The molecule has 0 saturated carbocycles. The number of likely N-dealkylation sites (tertiary alicyclic amines) is 1. The topological polar surface area (TPSA) is 236 Å². The lowest BCUT2D eigenvalue weighted by Crippen LogP contribution is -2.51. The van der Waals surface area contributed by atoms with Gasteiger partial charge in [0.2, 0.25) is 29.5 Å². The van der Waals surface area contributed by atoms with Crippen LogP contribution in [0.4, 0.5) is 17.1 Å². The summed E-state index contributed by atoms with van der Waals surface area (Å²) in [5, 5.41) is 8.24. The Balaban J connectivity index is 0.718. The van der Waals surface area contributed by atoms with E-state index in [-0.39, 0.29) is 92.0 Å². The molecule has 5 aliphatic heterocycles. The van der Waals surface area contributed by atoms with Gasteiger partial charge in [0.05, 0.1) is 75.7 Å². The van der Waals surface area contributed by atoms with Crippen LogP contribution in [0.25, 0.3) is 11.1 Å². The number of aliphatic imine (C=N–C) groups is 2. The van der Waals surface area contributed by atoms with Crippen LogP contribution in [0, 0.1) is 17.8 Å². The Morgan fingerprint density at radius 3 is 1.72 bits per heavy atom. The van der Waals surface area contributed by atoms with Crippen LogP contribution in [0.5, 0.6) is 28.7 Å². The van der Waals surface area contributed by atoms with Crippen molar-refractivity contribution in [3.05, 3.63) is 107 Å². The van der Waals surface area contributed by atoms with Crippen LogP contribution >= 0.6 is 0 Å². The summed E-state index contributed by atoms with van der Waals surface area (Å²) in [5.41, 5.74) is 5.97. The minimum Gasteiger partial charge on any atom is -0.497 e. The van der Waals surface area contributed by atoms with E-state index in [1.807, 2.05) is 76.5 Å². The Hall–Kier alpha value is -8.81. The molecule has 0 aliphatic carbocycles. The molecule has 1 fully saturated rings. The fraction of sp³-hybridized carbons (Fsp3) is 0.413. The first-order chi connectivity index (χ1) is 40.1. The number of nitrogens with one attached hydrogen (secondary N) is 3. The molecule has 0 spiro atoms. The average molecular weight is 1130 g/mol. The van der Waals surface area contributed by atoms with Gasteiger partial charge in [-0.15, -0.1) is 0 Å². The number of imide groups is 1. The predicted molar refractivity (Wildman–Crippen MR) is 314 cm³/mol. The van der Waals surface area contributed by atoms with E-state index in [0.29, 0.717) is 96.3 Å². The molecule has 20 nitrogen and oxygen atoms in total. The maximum Gasteiger partial charge on any atom is 0.260 e. The third-order valence-electron chi connectivity index (χ3n) is 15.8. The van der Waals surface area contributed by atoms with E-state index in [1.54, 1.807) is 65.7 Å². The maximum atomic E-state index is 14.1. The summed E-state index contributed by atoms with van der Waals surface area (Å²) in [5.74, 6) is 0.120. The van der Waals surface area contributed by atoms with E-state index < -0.39 is 17.9 Å². The normalized spacial score (nSPS) is 18.5. The number of hydrogen-bond donors (Lipinski definition) is 3. The van der Waals surface area contributed by atoms with Gasteiger partial charge in [-0.05, 0) is 83.3 Å². The monoisotopic (exact) mass is 1130 g/mol. The van der Waals surface area contributed by atoms with Gasteiger partial charge in [-0.1, -0.05) is 64.8 Å². The van der Waals surface area contributed by atoms with Crippen molar-refractivity contribution in [1.29, 1.82) is 0 Å². The summed E-state index contributed by atoms with van der Waals surface area (Å²) in [7, 11) is 4.65. The Kier molecular flexibility index (Phi) is 18.7. The highest BCUT2D eigenvalue weighted by Crippen LogP contribution is 2.42. The van der Waals surface area contributed by atoms with Crippen LogP contribution < -0.4 is 39.6 Å². The lowest BCUT2D eigenvalue weighted by atomic mass is 9.90. The first-order valence-electron chi connectivity index (χ1n) is 28.4. The van der Waals surface area contributed by atoms with Gasteiger partial charge in [0, 0.05) is 87.2 Å². The summed E-state index contributed by atoms with van der Waals surface area (Å²) >= 11 is 0. The number of fused-ring (bicyclic) bond motifs is 4. The second kappa shape index (κ2) is 26.4. The fourth-order valence-electron chi connectivity index (χ4n) is 10.8. The molecular weight excluding hydrogens is 1060 g/mol. The Morgan fingerprint density at radius 1 is 0.651 bits per heavy atom. The van der Waals surface area contributed by atoms with Crippen molar-refractivity contribution >= 4 is 82.0 Å². The van der Waals surface area contributed by atoms with Gasteiger partial charge >= 0.3 is 0 Å². The standard InChI is InChI=1S/C63H72N8O12/c1-8-38(4)47-29-58(74)69(61(47)76)22-11-9-10-13-56(72)68-59(37(2)3)60(75)66-34-57(73)67-43-18-14-39(15-19-43)41-25-44-32-64-50-30-54(52(80-6)27-48(50)62(77)70(44)35-41)82-23-12-24-83-55-31-51-49(28-53(55)81-7)63(78)71-36-42(26-45(71)33-65-51)40-16-20-46(79-5)21-17-40/h14-21,27-28,30-33,35-38,44-45,47,59H,8-13,22-26,29,34H2,1-7H3,(H,66,75)(H,67,73)(H,68,72)/t38?,44?,45-,47?,59?/m0/s1. The second-order valence-electron chi connectivity index (χ2n) is 21.7. The van der Waals surface area contributed by atoms with Gasteiger partial charge in [-0.25, -0.2) is 0 Å². The molecule has 5 heterocycles. The van der Waals surface area contributed by atoms with Crippen LogP contribution in [0.1, 0.15) is 117 Å². The molecule has 83 heavy (non-hydrogen) atoms. The summed E-state index contributed by atoms with van der Waals surface area (Å²) in [6, 6.07) is 20.2. The highest BCUT2D eigenvalue weighted by Gasteiger charge is 2.41. The van der Waals surface area contributed by atoms with E-state index in [9.17, 15) is 33.6 Å². The molecule has 5 atom stereocenters. The van der Waals surface area contributed by atoms with Crippen molar-refractivity contribution in [3.8, 4) is 28.7 Å². The number of rotatable bonds is 25. The molecule has 1 saturated heterocycles. The summed E-state index contributed by atoms with van der Waals surface area (Å²) < 4.78 is 29.0. The smallest absolute Gasteiger partial charge is 0.260 e. The predicted octanol–water partition coefficient (Wildman–Crippen LogP) is 8.68. The average Bonchev–Trinajstić information content (AvgIpc) is 4.24. The molecule has 0 aromatic heterocycles. The highest BCUT2D eigenvalue weighted by atomic mass is 16.5. The van der Waals surface area contributed by atoms with Crippen molar-refractivity contribution in [2.45, 2.75) is 104 Å². The largest absolute Gasteiger partial charge is 0.497 e. The lowest BCUT2D eigenvalue weighted by molar-refractivity contribution is -0.140. The molecule has 3 N–H and O–H groups in total. The number of benzene rings is 4. The Bertz CT molecular complexity index is 3260.